The molecule has 0 fully saturated rings. The van der Waals surface area contributed by atoms with Gasteiger partial charge < -0.3 is 4.65 Å². The maximum absolute atomic E-state index is 6.43. The number of benzene rings is 3. The van der Waals surface area contributed by atoms with Gasteiger partial charge in [0.1, 0.15) is 0 Å². The monoisotopic (exact) mass is 300 g/mol. The summed E-state index contributed by atoms with van der Waals surface area (Å²) in [7, 11) is 0. The summed E-state index contributed by atoms with van der Waals surface area (Å²) in [6.07, 6.45) is 1.06. The van der Waals surface area contributed by atoms with Crippen molar-refractivity contribution in [2.75, 3.05) is 0 Å². The quantitative estimate of drug-likeness (QED) is 0.634. The van der Waals surface area contributed by atoms with E-state index in [2.05, 4.69) is 79.7 Å². The zero-order valence-electron chi connectivity index (χ0n) is 13.4. The van der Waals surface area contributed by atoms with E-state index in [1.54, 1.807) is 0 Å². The van der Waals surface area contributed by atoms with Gasteiger partial charge in [-0.25, -0.2) is 0 Å². The standard InChI is InChI=1S/C21H21BO/c1-18(17-19-11-5-2-6-12-19)23-22(20-13-7-3-8-14-20)21-15-9-4-10-16-21/h2-16,18H,17H2,1H3. The number of hydrogen-bond acceptors (Lipinski definition) is 1. The molecule has 23 heavy (non-hydrogen) atoms. The molecule has 0 saturated heterocycles. The number of hydrogen-bond donors (Lipinski definition) is 0. The van der Waals surface area contributed by atoms with Gasteiger partial charge in [-0.05, 0) is 29.8 Å². The first kappa shape index (κ1) is 15.6. The lowest BCUT2D eigenvalue weighted by Gasteiger charge is -2.21. The van der Waals surface area contributed by atoms with Crippen LogP contribution in [0.5, 0.6) is 0 Å². The van der Waals surface area contributed by atoms with E-state index in [-0.39, 0.29) is 13.0 Å². The lowest BCUT2D eigenvalue weighted by atomic mass is 9.55. The molecule has 0 bridgehead atoms. The molecule has 3 aromatic carbocycles. The van der Waals surface area contributed by atoms with E-state index in [1.165, 1.54) is 16.5 Å². The minimum Gasteiger partial charge on any atom is -0.424 e. The highest BCUT2D eigenvalue weighted by Crippen LogP contribution is 2.07. The summed E-state index contributed by atoms with van der Waals surface area (Å²) in [4.78, 5) is 0. The van der Waals surface area contributed by atoms with Crippen LogP contribution in [0, 0.1) is 0 Å². The van der Waals surface area contributed by atoms with Crippen molar-refractivity contribution in [2.24, 2.45) is 0 Å². The molecular weight excluding hydrogens is 279 g/mol. The summed E-state index contributed by atoms with van der Waals surface area (Å²) >= 11 is 0. The first-order chi connectivity index (χ1) is 11.3. The maximum atomic E-state index is 6.43. The molecular formula is C21H21BO. The SMILES string of the molecule is CC(Cc1ccccc1)OB(c1ccccc1)c1ccccc1. The van der Waals surface area contributed by atoms with Crippen LogP contribution in [0.3, 0.4) is 0 Å². The van der Waals surface area contributed by atoms with Crippen molar-refractivity contribution in [1.29, 1.82) is 0 Å². The van der Waals surface area contributed by atoms with E-state index in [0.717, 1.165) is 6.42 Å². The highest BCUT2D eigenvalue weighted by atomic mass is 16.4. The van der Waals surface area contributed by atoms with Crippen LogP contribution < -0.4 is 10.9 Å². The number of rotatable bonds is 6. The minimum atomic E-state index is -0.0314. The van der Waals surface area contributed by atoms with E-state index < -0.39 is 0 Å². The lowest BCUT2D eigenvalue weighted by Crippen LogP contribution is -2.47. The first-order valence-electron chi connectivity index (χ1n) is 8.12. The third-order valence-electron chi connectivity index (χ3n) is 3.94. The van der Waals surface area contributed by atoms with E-state index in [0.29, 0.717) is 0 Å². The highest BCUT2D eigenvalue weighted by molar-refractivity contribution is 6.80. The maximum Gasteiger partial charge on any atom is 0.361 e. The highest BCUT2D eigenvalue weighted by Gasteiger charge is 2.23. The molecule has 2 heteroatoms. The largest absolute Gasteiger partial charge is 0.424 e. The van der Waals surface area contributed by atoms with Crippen molar-refractivity contribution in [3.63, 3.8) is 0 Å². The van der Waals surface area contributed by atoms with Gasteiger partial charge in [0.2, 0.25) is 0 Å². The van der Waals surface area contributed by atoms with Crippen molar-refractivity contribution in [1.82, 2.24) is 0 Å². The molecule has 3 rings (SSSR count). The molecule has 0 aromatic heterocycles. The van der Waals surface area contributed by atoms with Crippen molar-refractivity contribution in [3.05, 3.63) is 96.6 Å². The molecule has 0 aliphatic heterocycles. The van der Waals surface area contributed by atoms with E-state index >= 15 is 0 Å². The van der Waals surface area contributed by atoms with Gasteiger partial charge in [-0.1, -0.05) is 91.0 Å². The Morgan fingerprint density at radius 3 is 1.61 bits per heavy atom. The van der Waals surface area contributed by atoms with Gasteiger partial charge in [0.05, 0.1) is 0 Å². The molecule has 114 valence electrons. The minimum absolute atomic E-state index is 0.0314. The topological polar surface area (TPSA) is 9.23 Å². The Labute approximate surface area is 139 Å². The van der Waals surface area contributed by atoms with E-state index in [9.17, 15) is 0 Å². The van der Waals surface area contributed by atoms with Crippen molar-refractivity contribution in [2.45, 2.75) is 19.4 Å². The third-order valence-corrected chi connectivity index (χ3v) is 3.94. The fourth-order valence-corrected chi connectivity index (χ4v) is 2.83. The summed E-state index contributed by atoms with van der Waals surface area (Å²) in [6.45, 7) is 2.11. The first-order valence-corrected chi connectivity index (χ1v) is 8.12. The Bertz CT molecular complexity index is 658. The summed E-state index contributed by atoms with van der Waals surface area (Å²) in [6, 6.07) is 31.4. The van der Waals surface area contributed by atoms with Gasteiger partial charge in [-0.15, -0.1) is 0 Å². The van der Waals surface area contributed by atoms with Crippen LogP contribution in [0.2, 0.25) is 0 Å². The smallest absolute Gasteiger partial charge is 0.361 e. The Balaban J connectivity index is 1.79. The van der Waals surface area contributed by atoms with Gasteiger partial charge in [-0.2, -0.15) is 0 Å². The molecule has 1 nitrogen and oxygen atoms in total. The van der Waals surface area contributed by atoms with Crippen LogP contribution in [-0.4, -0.2) is 13.0 Å². The third kappa shape index (κ3) is 4.34. The van der Waals surface area contributed by atoms with Crippen LogP contribution in [-0.2, 0) is 11.1 Å². The Kier molecular flexibility index (Phi) is 5.28. The predicted molar refractivity (Wildman–Crippen MR) is 98.6 cm³/mol. The molecule has 0 N–H and O–H groups in total. The summed E-state index contributed by atoms with van der Waals surface area (Å²) in [5, 5.41) is 0. The van der Waals surface area contributed by atoms with Crippen molar-refractivity contribution >= 4 is 17.8 Å². The Morgan fingerprint density at radius 2 is 1.13 bits per heavy atom. The summed E-state index contributed by atoms with van der Waals surface area (Å²) < 4.78 is 6.43. The molecule has 0 aliphatic carbocycles. The lowest BCUT2D eigenvalue weighted by molar-refractivity contribution is 0.231. The van der Waals surface area contributed by atoms with E-state index in [4.69, 9.17) is 4.65 Å². The fourth-order valence-electron chi connectivity index (χ4n) is 2.83. The second kappa shape index (κ2) is 7.80. The van der Waals surface area contributed by atoms with Crippen molar-refractivity contribution in [3.8, 4) is 0 Å². The summed E-state index contributed by atoms with van der Waals surface area (Å²) in [5.41, 5.74) is 3.69. The van der Waals surface area contributed by atoms with Crippen LogP contribution in [0.4, 0.5) is 0 Å². The molecule has 0 amide bonds. The second-order valence-corrected chi connectivity index (χ2v) is 5.84. The molecule has 0 aliphatic rings. The van der Waals surface area contributed by atoms with Gasteiger partial charge in [0.25, 0.3) is 0 Å². The fraction of sp³-hybridized carbons (Fsp3) is 0.143. The molecule has 0 spiro atoms. The molecule has 0 radical (unpaired) electrons. The van der Waals surface area contributed by atoms with Crippen LogP contribution in [0.25, 0.3) is 0 Å². The molecule has 0 saturated carbocycles. The Hall–Kier alpha value is -2.32. The Morgan fingerprint density at radius 1 is 0.696 bits per heavy atom. The molecule has 0 heterocycles. The zero-order valence-corrected chi connectivity index (χ0v) is 13.4. The molecule has 3 aromatic rings. The normalized spacial score (nSPS) is 11.9. The van der Waals surface area contributed by atoms with E-state index in [1.807, 2.05) is 18.2 Å². The van der Waals surface area contributed by atoms with Crippen molar-refractivity contribution < 1.29 is 4.65 Å². The van der Waals surface area contributed by atoms with Crippen LogP contribution in [0.15, 0.2) is 91.0 Å². The second-order valence-electron chi connectivity index (χ2n) is 5.84. The average Bonchev–Trinajstić information content (AvgIpc) is 2.62. The van der Waals surface area contributed by atoms with Gasteiger partial charge in [0.15, 0.2) is 0 Å². The van der Waals surface area contributed by atoms with Gasteiger partial charge >= 0.3 is 6.92 Å². The van der Waals surface area contributed by atoms with Crippen LogP contribution >= 0.6 is 0 Å². The zero-order chi connectivity index (χ0) is 15.9. The molecule has 1 unspecified atom stereocenters. The van der Waals surface area contributed by atoms with Gasteiger partial charge in [-0.3, -0.25) is 0 Å². The van der Waals surface area contributed by atoms with Crippen LogP contribution in [0.1, 0.15) is 12.5 Å². The summed E-state index contributed by atoms with van der Waals surface area (Å²) in [5.74, 6) is 0. The predicted octanol–water partition coefficient (Wildman–Crippen LogP) is 3.44. The van der Waals surface area contributed by atoms with Gasteiger partial charge in [0, 0.05) is 6.10 Å². The molecule has 1 atom stereocenters. The average molecular weight is 300 g/mol.